The molecule has 4 rings (SSSR count). The second kappa shape index (κ2) is 7.68. The smallest absolute Gasteiger partial charge is 0.221 e. The molecular weight excluding hydrogens is 350 g/mol. The second-order valence-electron chi connectivity index (χ2n) is 6.96. The summed E-state index contributed by atoms with van der Waals surface area (Å²) in [6.07, 6.45) is 1.05. The number of amides is 1. The van der Waals surface area contributed by atoms with Crippen LogP contribution in [-0.2, 0) is 11.2 Å². The predicted octanol–water partition coefficient (Wildman–Crippen LogP) is 3.74. The van der Waals surface area contributed by atoms with Gasteiger partial charge >= 0.3 is 0 Å². The molecule has 0 fully saturated rings. The Morgan fingerprint density at radius 3 is 2.54 bits per heavy atom. The van der Waals surface area contributed by atoms with Crippen LogP contribution in [0.15, 0.2) is 54.6 Å². The molecule has 28 heavy (non-hydrogen) atoms. The maximum absolute atomic E-state index is 12.7. The van der Waals surface area contributed by atoms with E-state index in [9.17, 15) is 4.79 Å². The number of rotatable bonds is 6. The Kier molecular flexibility index (Phi) is 4.93. The number of nitrogens with one attached hydrogen (secondary N) is 3. The van der Waals surface area contributed by atoms with Gasteiger partial charge in [0.25, 0.3) is 0 Å². The molecule has 0 aliphatic rings. The van der Waals surface area contributed by atoms with Crippen LogP contribution in [0.3, 0.4) is 0 Å². The summed E-state index contributed by atoms with van der Waals surface area (Å²) in [5, 5.41) is 10.3. The van der Waals surface area contributed by atoms with E-state index >= 15 is 0 Å². The normalized spacial score (nSPS) is 12.2. The van der Waals surface area contributed by atoms with Gasteiger partial charge in [0.1, 0.15) is 11.9 Å². The van der Waals surface area contributed by atoms with Crippen molar-refractivity contribution in [1.29, 1.82) is 0 Å². The van der Waals surface area contributed by atoms with Gasteiger partial charge in [0.05, 0.1) is 16.7 Å². The van der Waals surface area contributed by atoms with Crippen LogP contribution in [0.4, 0.5) is 0 Å². The minimum Gasteiger partial charge on any atom is -0.342 e. The molecule has 0 radical (unpaired) electrons. The fourth-order valence-electron chi connectivity index (χ4n) is 3.48. The lowest BCUT2D eigenvalue weighted by molar-refractivity contribution is -0.121. The monoisotopic (exact) mass is 373 g/mol. The number of aromatic amines is 2. The average Bonchev–Trinajstić information content (AvgIpc) is 3.28. The molecule has 2 aromatic carbocycles. The topological polar surface area (TPSA) is 86.5 Å². The molecule has 2 aromatic heterocycles. The first-order valence-corrected chi connectivity index (χ1v) is 9.41. The SMILES string of the molecule is Cc1n[nH]c(C)c1CCC(=O)NC(c1ccccc1)c1nc2ccccc2[nH]1. The van der Waals surface area contributed by atoms with E-state index in [1.807, 2.05) is 68.4 Å². The van der Waals surface area contributed by atoms with Gasteiger partial charge in [-0.05, 0) is 43.5 Å². The molecule has 0 saturated carbocycles. The summed E-state index contributed by atoms with van der Waals surface area (Å²) < 4.78 is 0. The van der Waals surface area contributed by atoms with Crippen molar-refractivity contribution < 1.29 is 4.79 Å². The van der Waals surface area contributed by atoms with Crippen LogP contribution in [0.1, 0.15) is 40.8 Å². The predicted molar refractivity (Wildman–Crippen MR) is 109 cm³/mol. The fourth-order valence-corrected chi connectivity index (χ4v) is 3.48. The number of para-hydroxylation sites is 2. The molecule has 1 unspecified atom stereocenters. The third-order valence-electron chi connectivity index (χ3n) is 5.00. The lowest BCUT2D eigenvalue weighted by atomic mass is 10.0. The van der Waals surface area contributed by atoms with Gasteiger partial charge in [-0.15, -0.1) is 0 Å². The molecule has 0 saturated heterocycles. The summed E-state index contributed by atoms with van der Waals surface area (Å²) >= 11 is 0. The van der Waals surface area contributed by atoms with E-state index in [0.29, 0.717) is 12.8 Å². The van der Waals surface area contributed by atoms with E-state index in [1.54, 1.807) is 0 Å². The van der Waals surface area contributed by atoms with Crippen LogP contribution in [-0.4, -0.2) is 26.1 Å². The van der Waals surface area contributed by atoms with Crippen molar-refractivity contribution in [3.63, 3.8) is 0 Å². The molecule has 0 aliphatic carbocycles. The second-order valence-corrected chi connectivity index (χ2v) is 6.96. The summed E-state index contributed by atoms with van der Waals surface area (Å²) in [5.41, 5.74) is 5.90. The van der Waals surface area contributed by atoms with Crippen molar-refractivity contribution in [2.75, 3.05) is 0 Å². The first kappa shape index (κ1) is 18.0. The third kappa shape index (κ3) is 3.67. The van der Waals surface area contributed by atoms with Crippen molar-refractivity contribution in [3.8, 4) is 0 Å². The van der Waals surface area contributed by atoms with Crippen LogP contribution in [0.5, 0.6) is 0 Å². The van der Waals surface area contributed by atoms with Gasteiger partial charge in [0.2, 0.25) is 5.91 Å². The van der Waals surface area contributed by atoms with Crippen LogP contribution in [0, 0.1) is 13.8 Å². The van der Waals surface area contributed by atoms with Crippen molar-refractivity contribution in [3.05, 3.63) is 82.9 Å². The van der Waals surface area contributed by atoms with E-state index in [0.717, 1.165) is 39.4 Å². The number of imidazole rings is 1. The van der Waals surface area contributed by atoms with Gasteiger partial charge in [-0.1, -0.05) is 42.5 Å². The number of benzene rings is 2. The van der Waals surface area contributed by atoms with Crippen LogP contribution in [0.2, 0.25) is 0 Å². The minimum absolute atomic E-state index is 0.0192. The maximum Gasteiger partial charge on any atom is 0.221 e. The Labute approximate surface area is 163 Å². The molecule has 1 atom stereocenters. The van der Waals surface area contributed by atoms with Gasteiger partial charge in [-0.3, -0.25) is 9.89 Å². The first-order chi connectivity index (χ1) is 13.6. The number of carbonyl (C=O) groups is 1. The molecule has 1 amide bonds. The number of hydrogen-bond acceptors (Lipinski definition) is 3. The Morgan fingerprint density at radius 2 is 1.82 bits per heavy atom. The highest BCUT2D eigenvalue weighted by molar-refractivity contribution is 5.78. The standard InChI is InChI=1S/C22H23N5O/c1-14-17(15(2)27-26-14)12-13-20(28)25-21(16-8-4-3-5-9-16)22-23-18-10-6-7-11-19(18)24-22/h3-11,21H,12-13H2,1-2H3,(H,23,24)(H,25,28)(H,26,27). The highest BCUT2D eigenvalue weighted by Crippen LogP contribution is 2.23. The molecule has 6 heteroatoms. The zero-order chi connectivity index (χ0) is 19.5. The average molecular weight is 373 g/mol. The summed E-state index contributed by atoms with van der Waals surface area (Å²) in [7, 11) is 0. The van der Waals surface area contributed by atoms with E-state index < -0.39 is 0 Å². The summed E-state index contributed by atoms with van der Waals surface area (Å²) in [6, 6.07) is 17.5. The lowest BCUT2D eigenvalue weighted by Crippen LogP contribution is -2.30. The maximum atomic E-state index is 12.7. The molecule has 0 spiro atoms. The number of aryl methyl sites for hydroxylation is 2. The molecule has 3 N–H and O–H groups in total. The highest BCUT2D eigenvalue weighted by atomic mass is 16.1. The Hall–Kier alpha value is -3.41. The zero-order valence-electron chi connectivity index (χ0n) is 16.0. The summed E-state index contributed by atoms with van der Waals surface area (Å²) in [5.74, 6) is 0.714. The van der Waals surface area contributed by atoms with Crippen molar-refractivity contribution in [2.24, 2.45) is 0 Å². The van der Waals surface area contributed by atoms with Crippen molar-refractivity contribution in [1.82, 2.24) is 25.5 Å². The van der Waals surface area contributed by atoms with E-state index in [-0.39, 0.29) is 11.9 Å². The number of nitrogens with zero attached hydrogens (tertiary/aromatic N) is 2. The number of H-pyrrole nitrogens is 2. The van der Waals surface area contributed by atoms with E-state index in [2.05, 4.69) is 20.5 Å². The van der Waals surface area contributed by atoms with Crippen LogP contribution in [0.25, 0.3) is 11.0 Å². The Balaban J connectivity index is 1.56. The Morgan fingerprint density at radius 1 is 1.07 bits per heavy atom. The first-order valence-electron chi connectivity index (χ1n) is 9.41. The molecule has 2 heterocycles. The van der Waals surface area contributed by atoms with Gasteiger partial charge in [-0.2, -0.15) is 5.10 Å². The van der Waals surface area contributed by atoms with Gasteiger partial charge in [-0.25, -0.2) is 4.98 Å². The largest absolute Gasteiger partial charge is 0.342 e. The molecule has 0 aliphatic heterocycles. The number of fused-ring (bicyclic) bond motifs is 1. The Bertz CT molecular complexity index is 1040. The quantitative estimate of drug-likeness (QED) is 0.481. The third-order valence-corrected chi connectivity index (χ3v) is 5.00. The number of aromatic nitrogens is 4. The number of hydrogen-bond donors (Lipinski definition) is 3. The van der Waals surface area contributed by atoms with Gasteiger partial charge in [0.15, 0.2) is 0 Å². The van der Waals surface area contributed by atoms with Crippen LogP contribution < -0.4 is 5.32 Å². The van der Waals surface area contributed by atoms with E-state index in [4.69, 9.17) is 4.98 Å². The molecular formula is C22H23N5O. The number of carbonyl (C=O) groups excluding carboxylic acids is 1. The minimum atomic E-state index is -0.326. The highest BCUT2D eigenvalue weighted by Gasteiger charge is 2.20. The van der Waals surface area contributed by atoms with Crippen molar-refractivity contribution >= 4 is 16.9 Å². The zero-order valence-corrected chi connectivity index (χ0v) is 16.0. The van der Waals surface area contributed by atoms with Gasteiger partial charge in [0, 0.05) is 12.1 Å². The van der Waals surface area contributed by atoms with Crippen molar-refractivity contribution in [2.45, 2.75) is 32.7 Å². The lowest BCUT2D eigenvalue weighted by Gasteiger charge is -2.17. The molecule has 0 bridgehead atoms. The van der Waals surface area contributed by atoms with Gasteiger partial charge < -0.3 is 10.3 Å². The summed E-state index contributed by atoms with van der Waals surface area (Å²) in [6.45, 7) is 3.94. The molecule has 6 nitrogen and oxygen atoms in total. The van der Waals surface area contributed by atoms with Crippen LogP contribution >= 0.6 is 0 Å². The fraction of sp³-hybridized carbons (Fsp3) is 0.227. The molecule has 142 valence electrons. The van der Waals surface area contributed by atoms with E-state index in [1.165, 1.54) is 0 Å². The molecule has 4 aromatic rings. The summed E-state index contributed by atoms with van der Waals surface area (Å²) in [4.78, 5) is 20.8.